The van der Waals surface area contributed by atoms with Crippen LogP contribution in [0.4, 0.5) is 4.39 Å². The number of nitrogens with one attached hydrogen (secondary N) is 1. The quantitative estimate of drug-likeness (QED) is 0.838. The number of amides is 1. The Balaban J connectivity index is 2.38. The first-order chi connectivity index (χ1) is 8.52. The van der Waals surface area contributed by atoms with Gasteiger partial charge in [-0.3, -0.25) is 4.79 Å². The molecule has 1 aromatic rings. The van der Waals surface area contributed by atoms with Crippen molar-refractivity contribution in [1.29, 1.82) is 0 Å². The number of carbonyl (C=O) groups is 1. The fourth-order valence-electron chi connectivity index (χ4n) is 1.16. The normalized spacial score (nSPS) is 12.0. The Kier molecular flexibility index (Phi) is 6.07. The van der Waals surface area contributed by atoms with Crippen molar-refractivity contribution in [3.8, 4) is 5.75 Å². The standard InChI is InChI=1S/C12H16BrFN2O2/c1-8(5-15)6-16-12(17)7-18-11-3-2-9(13)4-10(11)14/h2-4,8H,5-7,15H2,1H3,(H,16,17). The average Bonchev–Trinajstić information content (AvgIpc) is 2.34. The summed E-state index contributed by atoms with van der Waals surface area (Å²) >= 11 is 3.14. The smallest absolute Gasteiger partial charge is 0.257 e. The number of halogens is 2. The van der Waals surface area contributed by atoms with Gasteiger partial charge in [-0.25, -0.2) is 4.39 Å². The maximum absolute atomic E-state index is 13.4. The lowest BCUT2D eigenvalue weighted by molar-refractivity contribution is -0.123. The number of hydrogen-bond donors (Lipinski definition) is 2. The van der Waals surface area contributed by atoms with Crippen LogP contribution in [0.1, 0.15) is 6.92 Å². The summed E-state index contributed by atoms with van der Waals surface area (Å²) < 4.78 is 19.1. The van der Waals surface area contributed by atoms with E-state index < -0.39 is 5.82 Å². The van der Waals surface area contributed by atoms with Crippen molar-refractivity contribution in [3.63, 3.8) is 0 Å². The molecule has 0 aliphatic heterocycles. The van der Waals surface area contributed by atoms with Crippen molar-refractivity contribution in [3.05, 3.63) is 28.5 Å². The number of ether oxygens (including phenoxy) is 1. The van der Waals surface area contributed by atoms with Gasteiger partial charge in [-0.15, -0.1) is 0 Å². The zero-order chi connectivity index (χ0) is 13.5. The molecule has 0 bridgehead atoms. The van der Waals surface area contributed by atoms with Gasteiger partial charge in [0.15, 0.2) is 18.2 Å². The topological polar surface area (TPSA) is 64.3 Å². The number of rotatable bonds is 6. The van der Waals surface area contributed by atoms with Gasteiger partial charge >= 0.3 is 0 Å². The van der Waals surface area contributed by atoms with Gasteiger partial charge in [0.1, 0.15) is 0 Å². The third-order valence-electron chi connectivity index (χ3n) is 2.30. The van der Waals surface area contributed by atoms with Crippen LogP contribution < -0.4 is 15.8 Å². The van der Waals surface area contributed by atoms with Crippen molar-refractivity contribution in [2.24, 2.45) is 11.7 Å². The summed E-state index contributed by atoms with van der Waals surface area (Å²) in [5.41, 5.74) is 5.42. The highest BCUT2D eigenvalue weighted by atomic mass is 79.9. The predicted molar refractivity (Wildman–Crippen MR) is 70.8 cm³/mol. The van der Waals surface area contributed by atoms with E-state index in [1.165, 1.54) is 12.1 Å². The van der Waals surface area contributed by atoms with Crippen LogP contribution in [0.25, 0.3) is 0 Å². The number of carbonyl (C=O) groups excluding carboxylic acids is 1. The Labute approximate surface area is 114 Å². The van der Waals surface area contributed by atoms with Crippen LogP contribution in [0, 0.1) is 11.7 Å². The second kappa shape index (κ2) is 7.33. The first-order valence-corrected chi connectivity index (χ1v) is 6.37. The van der Waals surface area contributed by atoms with Crippen molar-refractivity contribution in [1.82, 2.24) is 5.32 Å². The fourth-order valence-corrected chi connectivity index (χ4v) is 1.49. The lowest BCUT2D eigenvalue weighted by Crippen LogP contribution is -2.34. The largest absolute Gasteiger partial charge is 0.481 e. The first-order valence-electron chi connectivity index (χ1n) is 5.57. The summed E-state index contributed by atoms with van der Waals surface area (Å²) in [7, 11) is 0. The minimum atomic E-state index is -0.507. The summed E-state index contributed by atoms with van der Waals surface area (Å²) in [6.45, 7) is 2.70. The molecule has 6 heteroatoms. The molecule has 0 heterocycles. The second-order valence-corrected chi connectivity index (χ2v) is 4.92. The molecule has 0 spiro atoms. The Morgan fingerprint density at radius 1 is 1.61 bits per heavy atom. The molecule has 18 heavy (non-hydrogen) atoms. The fraction of sp³-hybridized carbons (Fsp3) is 0.417. The minimum absolute atomic E-state index is 0.0558. The molecule has 1 aromatic carbocycles. The maximum Gasteiger partial charge on any atom is 0.257 e. The molecule has 100 valence electrons. The summed E-state index contributed by atoms with van der Waals surface area (Å²) in [6.07, 6.45) is 0. The van der Waals surface area contributed by atoms with Gasteiger partial charge in [0.05, 0.1) is 0 Å². The third kappa shape index (κ3) is 5.01. The Morgan fingerprint density at radius 2 is 2.33 bits per heavy atom. The molecule has 1 rings (SSSR count). The molecular weight excluding hydrogens is 303 g/mol. The van der Waals surface area contributed by atoms with Crippen molar-refractivity contribution < 1.29 is 13.9 Å². The van der Waals surface area contributed by atoms with Crippen LogP contribution in [0.2, 0.25) is 0 Å². The van der Waals surface area contributed by atoms with E-state index in [1.54, 1.807) is 6.07 Å². The van der Waals surface area contributed by atoms with Crippen LogP contribution >= 0.6 is 15.9 Å². The summed E-state index contributed by atoms with van der Waals surface area (Å²) in [4.78, 5) is 11.4. The lowest BCUT2D eigenvalue weighted by Gasteiger charge is -2.11. The average molecular weight is 319 g/mol. The molecule has 0 aliphatic carbocycles. The van der Waals surface area contributed by atoms with Crippen molar-refractivity contribution in [2.75, 3.05) is 19.7 Å². The van der Waals surface area contributed by atoms with Crippen molar-refractivity contribution in [2.45, 2.75) is 6.92 Å². The van der Waals surface area contributed by atoms with Gasteiger partial charge in [0.2, 0.25) is 0 Å². The zero-order valence-corrected chi connectivity index (χ0v) is 11.7. The molecule has 0 radical (unpaired) electrons. The van der Waals surface area contributed by atoms with Gasteiger partial charge in [0.25, 0.3) is 5.91 Å². The molecule has 1 unspecified atom stereocenters. The minimum Gasteiger partial charge on any atom is -0.481 e. The van der Waals surface area contributed by atoms with Gasteiger partial charge < -0.3 is 15.8 Å². The summed E-state index contributed by atoms with van der Waals surface area (Å²) in [5, 5.41) is 2.66. The van der Waals surface area contributed by atoms with Crippen molar-refractivity contribution >= 4 is 21.8 Å². The molecule has 0 aromatic heterocycles. The number of benzene rings is 1. The molecule has 0 saturated carbocycles. The van der Waals surface area contributed by atoms with Crippen LogP contribution in [0.15, 0.2) is 22.7 Å². The number of nitrogens with two attached hydrogens (primary N) is 1. The Morgan fingerprint density at radius 3 is 2.94 bits per heavy atom. The highest BCUT2D eigenvalue weighted by Gasteiger charge is 2.08. The monoisotopic (exact) mass is 318 g/mol. The first kappa shape index (κ1) is 14.9. The van der Waals surface area contributed by atoms with Gasteiger partial charge in [-0.2, -0.15) is 0 Å². The molecule has 1 atom stereocenters. The summed E-state index contributed by atoms with van der Waals surface area (Å²) in [5.74, 6) is -0.538. The molecular formula is C12H16BrFN2O2. The maximum atomic E-state index is 13.4. The van der Waals surface area contributed by atoms with E-state index >= 15 is 0 Å². The van der Waals surface area contributed by atoms with Crippen LogP contribution in [0.5, 0.6) is 5.75 Å². The van der Waals surface area contributed by atoms with Gasteiger partial charge in [0, 0.05) is 11.0 Å². The van der Waals surface area contributed by atoms with E-state index in [0.717, 1.165) is 0 Å². The van der Waals surface area contributed by atoms with E-state index in [4.69, 9.17) is 10.5 Å². The molecule has 4 nitrogen and oxygen atoms in total. The van der Waals surface area contributed by atoms with E-state index in [0.29, 0.717) is 17.6 Å². The zero-order valence-electron chi connectivity index (χ0n) is 10.1. The van der Waals surface area contributed by atoms with Gasteiger partial charge in [-0.05, 0) is 30.7 Å². The third-order valence-corrected chi connectivity index (χ3v) is 2.80. The molecule has 1 amide bonds. The van der Waals surface area contributed by atoms with Crippen LogP contribution in [-0.2, 0) is 4.79 Å². The number of hydrogen-bond acceptors (Lipinski definition) is 3. The van der Waals surface area contributed by atoms with E-state index in [-0.39, 0.29) is 24.2 Å². The molecule has 0 fully saturated rings. The Bertz CT molecular complexity index is 415. The summed E-state index contributed by atoms with van der Waals surface area (Å²) in [6, 6.07) is 4.39. The van der Waals surface area contributed by atoms with Crippen LogP contribution in [0.3, 0.4) is 0 Å². The highest BCUT2D eigenvalue weighted by molar-refractivity contribution is 9.10. The van der Waals surface area contributed by atoms with E-state index in [9.17, 15) is 9.18 Å². The molecule has 0 aliphatic rings. The Hall–Kier alpha value is -1.14. The SMILES string of the molecule is CC(CN)CNC(=O)COc1ccc(Br)cc1F. The predicted octanol–water partition coefficient (Wildman–Crippen LogP) is 1.68. The second-order valence-electron chi connectivity index (χ2n) is 4.01. The lowest BCUT2D eigenvalue weighted by atomic mass is 10.2. The van der Waals surface area contributed by atoms with E-state index in [2.05, 4.69) is 21.2 Å². The molecule has 0 saturated heterocycles. The highest BCUT2D eigenvalue weighted by Crippen LogP contribution is 2.21. The van der Waals surface area contributed by atoms with Gasteiger partial charge in [-0.1, -0.05) is 22.9 Å². The van der Waals surface area contributed by atoms with Crippen LogP contribution in [-0.4, -0.2) is 25.6 Å². The molecule has 3 N–H and O–H groups in total. The van der Waals surface area contributed by atoms with E-state index in [1.807, 2.05) is 6.92 Å².